The number of aromatic nitrogens is 3. The van der Waals surface area contributed by atoms with E-state index < -0.39 is 11.4 Å². The maximum Gasteiger partial charge on any atom is 0.358 e. The molecule has 0 aliphatic rings. The summed E-state index contributed by atoms with van der Waals surface area (Å²) >= 11 is 0. The Bertz CT molecular complexity index is 744. The number of rotatable bonds is 4. The van der Waals surface area contributed by atoms with Crippen LogP contribution in [0.1, 0.15) is 42.5 Å². The third kappa shape index (κ3) is 3.74. The molecule has 2 rings (SSSR count). The number of aromatic carboxylic acids is 1. The molecule has 7 heteroatoms. The normalized spacial score (nSPS) is 11.3. The summed E-state index contributed by atoms with van der Waals surface area (Å²) in [6, 6.07) is 7.43. The molecule has 7 nitrogen and oxygen atoms in total. The summed E-state index contributed by atoms with van der Waals surface area (Å²) in [4.78, 5) is 23.5. The highest BCUT2D eigenvalue weighted by atomic mass is 16.4. The fourth-order valence-corrected chi connectivity index (χ4v) is 2.35. The van der Waals surface area contributed by atoms with E-state index in [1.54, 1.807) is 0 Å². The lowest BCUT2D eigenvalue weighted by Crippen LogP contribution is -2.26. The molecule has 0 bridgehead atoms. The summed E-state index contributed by atoms with van der Waals surface area (Å²) < 4.78 is 1.34. The van der Waals surface area contributed by atoms with Gasteiger partial charge in [0.1, 0.15) is 6.54 Å². The summed E-state index contributed by atoms with van der Waals surface area (Å²) in [5, 5.41) is 19.6. The average Bonchev–Trinajstić information content (AvgIpc) is 2.85. The molecule has 23 heavy (non-hydrogen) atoms. The Kier molecular flexibility index (Phi) is 4.49. The second kappa shape index (κ2) is 6.20. The van der Waals surface area contributed by atoms with Crippen molar-refractivity contribution < 1.29 is 14.7 Å². The first kappa shape index (κ1) is 16.7. The van der Waals surface area contributed by atoms with Crippen LogP contribution in [0.4, 0.5) is 5.69 Å². The van der Waals surface area contributed by atoms with E-state index in [0.29, 0.717) is 11.4 Å². The number of carboxylic acid groups (broad SMARTS) is 1. The first-order chi connectivity index (χ1) is 10.7. The van der Waals surface area contributed by atoms with Crippen LogP contribution >= 0.6 is 0 Å². The van der Waals surface area contributed by atoms with Crippen molar-refractivity contribution in [1.29, 1.82) is 0 Å². The van der Waals surface area contributed by atoms with Crippen molar-refractivity contribution in [1.82, 2.24) is 15.0 Å². The van der Waals surface area contributed by atoms with E-state index in [-0.39, 0.29) is 18.1 Å². The molecular formula is C16H20N4O3. The lowest BCUT2D eigenvalue weighted by Gasteiger charge is -2.20. The van der Waals surface area contributed by atoms with Gasteiger partial charge in [0.05, 0.1) is 5.69 Å². The Morgan fingerprint density at radius 2 is 1.91 bits per heavy atom. The van der Waals surface area contributed by atoms with Gasteiger partial charge in [0.25, 0.3) is 0 Å². The molecule has 2 aromatic rings. The smallest absolute Gasteiger partial charge is 0.358 e. The van der Waals surface area contributed by atoms with E-state index in [9.17, 15) is 14.7 Å². The van der Waals surface area contributed by atoms with Crippen molar-refractivity contribution in [2.75, 3.05) is 5.32 Å². The lowest BCUT2D eigenvalue weighted by atomic mass is 9.90. The number of benzene rings is 1. The molecule has 1 aromatic carbocycles. The molecule has 2 N–H and O–H groups in total. The first-order valence-corrected chi connectivity index (χ1v) is 7.23. The molecule has 0 aliphatic heterocycles. The van der Waals surface area contributed by atoms with Crippen molar-refractivity contribution in [3.63, 3.8) is 0 Å². The highest BCUT2D eigenvalue weighted by Crippen LogP contribution is 2.24. The second-order valence-electron chi connectivity index (χ2n) is 6.36. The Labute approximate surface area is 134 Å². The Balaban J connectivity index is 2.25. The topological polar surface area (TPSA) is 97.1 Å². The van der Waals surface area contributed by atoms with E-state index in [4.69, 9.17) is 0 Å². The third-order valence-electron chi connectivity index (χ3n) is 3.36. The van der Waals surface area contributed by atoms with Gasteiger partial charge < -0.3 is 10.4 Å². The number of carboxylic acids is 1. The molecule has 0 saturated heterocycles. The molecule has 1 amide bonds. The summed E-state index contributed by atoms with van der Waals surface area (Å²) in [5.41, 5.74) is 1.46. The lowest BCUT2D eigenvalue weighted by molar-refractivity contribution is -0.117. The van der Waals surface area contributed by atoms with Crippen molar-refractivity contribution in [2.45, 2.75) is 39.7 Å². The molecule has 0 saturated carbocycles. The molecule has 0 unspecified atom stereocenters. The van der Waals surface area contributed by atoms with Crippen LogP contribution in [-0.4, -0.2) is 32.0 Å². The molecule has 1 aromatic heterocycles. The molecule has 122 valence electrons. The highest BCUT2D eigenvalue weighted by molar-refractivity contribution is 5.91. The highest BCUT2D eigenvalue weighted by Gasteiger charge is 2.29. The van der Waals surface area contributed by atoms with E-state index in [2.05, 4.69) is 15.6 Å². The minimum atomic E-state index is -1.15. The molecule has 0 fully saturated rings. The average molecular weight is 316 g/mol. The van der Waals surface area contributed by atoms with Crippen LogP contribution in [0.25, 0.3) is 0 Å². The fraction of sp³-hybridized carbons (Fsp3) is 0.375. The summed E-state index contributed by atoms with van der Waals surface area (Å²) in [5.74, 6) is -1.44. The number of hydrogen-bond acceptors (Lipinski definition) is 4. The molecule has 0 radical (unpaired) electrons. The quantitative estimate of drug-likeness (QED) is 0.901. The minimum absolute atomic E-state index is 0.0960. The summed E-state index contributed by atoms with van der Waals surface area (Å²) in [6.07, 6.45) is 0. The Morgan fingerprint density at radius 1 is 1.26 bits per heavy atom. The number of hydrogen-bond donors (Lipinski definition) is 2. The zero-order valence-electron chi connectivity index (χ0n) is 13.6. The Hall–Kier alpha value is -2.70. The van der Waals surface area contributed by atoms with Crippen LogP contribution in [0.2, 0.25) is 0 Å². The van der Waals surface area contributed by atoms with Crippen LogP contribution in [-0.2, 0) is 16.8 Å². The summed E-state index contributed by atoms with van der Waals surface area (Å²) in [6.45, 7) is 7.37. The molecular weight excluding hydrogens is 296 g/mol. The van der Waals surface area contributed by atoms with Crippen molar-refractivity contribution in [3.05, 3.63) is 41.2 Å². The minimum Gasteiger partial charge on any atom is -0.476 e. The van der Waals surface area contributed by atoms with Crippen LogP contribution in [0.5, 0.6) is 0 Å². The number of nitrogens with zero attached hydrogens (tertiary/aromatic N) is 3. The van der Waals surface area contributed by atoms with Gasteiger partial charge in [-0.25, -0.2) is 9.48 Å². The Morgan fingerprint density at radius 3 is 2.48 bits per heavy atom. The molecule has 0 aliphatic carbocycles. The van der Waals surface area contributed by atoms with Gasteiger partial charge in [-0.3, -0.25) is 4.79 Å². The third-order valence-corrected chi connectivity index (χ3v) is 3.36. The monoisotopic (exact) mass is 316 g/mol. The number of carbonyl (C=O) groups is 2. The zero-order valence-corrected chi connectivity index (χ0v) is 13.6. The van der Waals surface area contributed by atoms with E-state index >= 15 is 0 Å². The zero-order chi connectivity index (χ0) is 17.2. The van der Waals surface area contributed by atoms with E-state index in [1.165, 1.54) is 4.68 Å². The molecule has 0 spiro atoms. The van der Waals surface area contributed by atoms with E-state index in [1.807, 2.05) is 52.0 Å². The number of anilines is 1. The standard InChI is InChI=1S/C16H20N4O3/c1-10-7-5-6-8-11(10)17-12(21)9-20-14(16(2,3)4)13(15(22)23)18-19-20/h5-8H,9H2,1-4H3,(H,17,21)(H,22,23). The maximum absolute atomic E-state index is 12.2. The van der Waals surface area contributed by atoms with Gasteiger partial charge in [-0.15, -0.1) is 5.10 Å². The number of para-hydroxylation sites is 1. The van der Waals surface area contributed by atoms with Crippen LogP contribution in [0.3, 0.4) is 0 Å². The van der Waals surface area contributed by atoms with Crippen LogP contribution in [0, 0.1) is 6.92 Å². The van der Waals surface area contributed by atoms with Crippen molar-refractivity contribution in [3.8, 4) is 0 Å². The molecule has 0 atom stereocenters. The number of amides is 1. The fourth-order valence-electron chi connectivity index (χ4n) is 2.35. The van der Waals surface area contributed by atoms with Crippen molar-refractivity contribution in [2.24, 2.45) is 0 Å². The predicted octanol–water partition coefficient (Wildman–Crippen LogP) is 2.22. The van der Waals surface area contributed by atoms with Gasteiger partial charge in [-0.2, -0.15) is 0 Å². The summed E-state index contributed by atoms with van der Waals surface area (Å²) in [7, 11) is 0. The van der Waals surface area contributed by atoms with E-state index in [0.717, 1.165) is 5.56 Å². The van der Waals surface area contributed by atoms with Gasteiger partial charge >= 0.3 is 5.97 Å². The van der Waals surface area contributed by atoms with Gasteiger partial charge in [0.2, 0.25) is 5.91 Å². The predicted molar refractivity (Wildman–Crippen MR) is 85.5 cm³/mol. The number of carbonyl (C=O) groups excluding carboxylic acids is 1. The maximum atomic E-state index is 12.2. The first-order valence-electron chi connectivity index (χ1n) is 7.23. The largest absolute Gasteiger partial charge is 0.476 e. The molecule has 1 heterocycles. The van der Waals surface area contributed by atoms with Crippen LogP contribution in [0.15, 0.2) is 24.3 Å². The van der Waals surface area contributed by atoms with Gasteiger partial charge in [-0.05, 0) is 18.6 Å². The van der Waals surface area contributed by atoms with Gasteiger partial charge in [-0.1, -0.05) is 44.2 Å². The SMILES string of the molecule is Cc1ccccc1NC(=O)Cn1nnc(C(=O)O)c1C(C)(C)C. The van der Waals surface area contributed by atoms with Gasteiger partial charge in [0.15, 0.2) is 5.69 Å². The van der Waals surface area contributed by atoms with Crippen molar-refractivity contribution >= 4 is 17.6 Å². The number of nitrogens with one attached hydrogen (secondary N) is 1. The van der Waals surface area contributed by atoms with Gasteiger partial charge in [0, 0.05) is 11.1 Å². The second-order valence-corrected chi connectivity index (χ2v) is 6.36. The van der Waals surface area contributed by atoms with Crippen LogP contribution < -0.4 is 5.32 Å². The number of aryl methyl sites for hydroxylation is 1.